The van der Waals surface area contributed by atoms with Crippen LogP contribution in [0.1, 0.15) is 58.8 Å². The summed E-state index contributed by atoms with van der Waals surface area (Å²) in [5.41, 5.74) is 4.88. The normalized spacial score (nSPS) is 19.5. The van der Waals surface area contributed by atoms with Crippen LogP contribution in [-0.2, 0) is 9.53 Å². The number of carbonyl (C=O) groups is 1. The van der Waals surface area contributed by atoms with Crippen molar-refractivity contribution >= 4 is 5.91 Å². The van der Waals surface area contributed by atoms with Crippen molar-refractivity contribution in [2.75, 3.05) is 19.8 Å². The van der Waals surface area contributed by atoms with E-state index in [4.69, 9.17) is 10.5 Å². The zero-order valence-electron chi connectivity index (χ0n) is 12.5. The Labute approximate surface area is 117 Å². The number of carbonyl (C=O) groups excluding carboxylic acids is 1. The molecule has 4 heteroatoms. The highest BCUT2D eigenvalue weighted by atomic mass is 16.5. The van der Waals surface area contributed by atoms with Gasteiger partial charge in [0, 0.05) is 13.2 Å². The topological polar surface area (TPSA) is 64.3 Å². The molecule has 0 saturated heterocycles. The van der Waals surface area contributed by atoms with Crippen molar-refractivity contribution in [1.29, 1.82) is 0 Å². The van der Waals surface area contributed by atoms with Gasteiger partial charge in [-0.25, -0.2) is 0 Å². The van der Waals surface area contributed by atoms with Gasteiger partial charge in [0.1, 0.15) is 0 Å². The summed E-state index contributed by atoms with van der Waals surface area (Å²) in [5.74, 6) is 0.527. The van der Waals surface area contributed by atoms with Gasteiger partial charge in [-0.2, -0.15) is 0 Å². The highest BCUT2D eigenvalue weighted by molar-refractivity contribution is 5.84. The Morgan fingerprint density at radius 1 is 1.37 bits per heavy atom. The van der Waals surface area contributed by atoms with E-state index in [1.165, 1.54) is 25.7 Å². The van der Waals surface area contributed by atoms with Gasteiger partial charge >= 0.3 is 0 Å². The van der Waals surface area contributed by atoms with Crippen molar-refractivity contribution in [3.8, 4) is 0 Å². The van der Waals surface area contributed by atoms with Gasteiger partial charge < -0.3 is 15.8 Å². The quantitative estimate of drug-likeness (QED) is 0.598. The molecule has 1 aliphatic carbocycles. The minimum Gasteiger partial charge on any atom is -0.381 e. The maximum absolute atomic E-state index is 11.4. The van der Waals surface area contributed by atoms with Crippen LogP contribution in [0.4, 0.5) is 0 Å². The first-order valence-electron chi connectivity index (χ1n) is 7.71. The summed E-state index contributed by atoms with van der Waals surface area (Å²) in [5, 5.41) is 3.18. The van der Waals surface area contributed by atoms with E-state index in [-0.39, 0.29) is 5.91 Å². The van der Waals surface area contributed by atoms with E-state index in [2.05, 4.69) is 5.32 Å². The van der Waals surface area contributed by atoms with Crippen LogP contribution in [0.3, 0.4) is 0 Å². The molecule has 0 spiro atoms. The van der Waals surface area contributed by atoms with Gasteiger partial charge in [-0.05, 0) is 51.5 Å². The molecule has 1 rings (SSSR count). The molecule has 1 fully saturated rings. The highest BCUT2D eigenvalue weighted by Gasteiger charge is 2.28. The fraction of sp³-hybridized carbons (Fsp3) is 0.933. The first kappa shape index (κ1) is 16.4. The van der Waals surface area contributed by atoms with Crippen molar-refractivity contribution < 1.29 is 9.53 Å². The van der Waals surface area contributed by atoms with Gasteiger partial charge in [0.15, 0.2) is 0 Å². The number of likely N-dealkylation sites (N-methyl/N-ethyl adjacent to an activating group) is 1. The second-order valence-electron chi connectivity index (χ2n) is 5.91. The number of nitrogens with one attached hydrogen (secondary N) is 1. The lowest BCUT2D eigenvalue weighted by molar-refractivity contribution is -0.124. The maximum atomic E-state index is 11.4. The molecule has 0 radical (unpaired) electrons. The SMILES string of the molecule is CCNC(C)(CCCCOCC1CCCC1)C(N)=O. The molecular formula is C15H30N2O2. The van der Waals surface area contributed by atoms with Gasteiger partial charge in [-0.3, -0.25) is 4.79 Å². The summed E-state index contributed by atoms with van der Waals surface area (Å²) >= 11 is 0. The molecule has 1 amide bonds. The Morgan fingerprint density at radius 3 is 2.63 bits per heavy atom. The number of hydrogen-bond acceptors (Lipinski definition) is 3. The van der Waals surface area contributed by atoms with Crippen LogP contribution >= 0.6 is 0 Å². The van der Waals surface area contributed by atoms with E-state index in [1.54, 1.807) is 0 Å². The van der Waals surface area contributed by atoms with E-state index in [0.717, 1.165) is 44.9 Å². The fourth-order valence-corrected chi connectivity index (χ4v) is 2.80. The Balaban J connectivity index is 2.06. The van der Waals surface area contributed by atoms with Gasteiger partial charge in [0.25, 0.3) is 0 Å². The minimum atomic E-state index is -0.569. The average Bonchev–Trinajstić information content (AvgIpc) is 2.86. The van der Waals surface area contributed by atoms with E-state index >= 15 is 0 Å². The molecule has 0 aromatic heterocycles. The summed E-state index contributed by atoms with van der Waals surface area (Å²) in [7, 11) is 0. The second kappa shape index (κ2) is 8.54. The molecule has 19 heavy (non-hydrogen) atoms. The number of hydrogen-bond donors (Lipinski definition) is 2. The molecule has 0 heterocycles. The Hall–Kier alpha value is -0.610. The van der Waals surface area contributed by atoms with Crippen molar-refractivity contribution in [3.05, 3.63) is 0 Å². The Morgan fingerprint density at radius 2 is 2.05 bits per heavy atom. The number of unbranched alkanes of at least 4 members (excludes halogenated alkanes) is 1. The zero-order valence-corrected chi connectivity index (χ0v) is 12.5. The van der Waals surface area contributed by atoms with Crippen molar-refractivity contribution in [2.45, 2.75) is 64.3 Å². The monoisotopic (exact) mass is 270 g/mol. The van der Waals surface area contributed by atoms with Crippen LogP contribution in [0, 0.1) is 5.92 Å². The predicted molar refractivity (Wildman–Crippen MR) is 77.9 cm³/mol. The third-order valence-corrected chi connectivity index (χ3v) is 4.15. The van der Waals surface area contributed by atoms with E-state index < -0.39 is 5.54 Å². The maximum Gasteiger partial charge on any atom is 0.237 e. The van der Waals surface area contributed by atoms with Gasteiger partial charge in [0.2, 0.25) is 5.91 Å². The predicted octanol–water partition coefficient (Wildman–Crippen LogP) is 2.22. The van der Waals surface area contributed by atoms with Crippen LogP contribution in [0.2, 0.25) is 0 Å². The standard InChI is InChI=1S/C15H30N2O2/c1-3-17-15(2,14(16)18)10-6-7-11-19-12-13-8-4-5-9-13/h13,17H,3-12H2,1-2H3,(H2,16,18). The first-order valence-corrected chi connectivity index (χ1v) is 7.71. The molecule has 3 N–H and O–H groups in total. The largest absolute Gasteiger partial charge is 0.381 e. The lowest BCUT2D eigenvalue weighted by Gasteiger charge is -2.26. The molecule has 1 saturated carbocycles. The molecular weight excluding hydrogens is 240 g/mol. The van der Waals surface area contributed by atoms with Gasteiger partial charge in [-0.15, -0.1) is 0 Å². The van der Waals surface area contributed by atoms with Crippen molar-refractivity contribution in [1.82, 2.24) is 5.32 Å². The van der Waals surface area contributed by atoms with Gasteiger partial charge in [-0.1, -0.05) is 19.8 Å². The Bertz CT molecular complexity index is 265. The van der Waals surface area contributed by atoms with Crippen LogP contribution in [0.25, 0.3) is 0 Å². The molecule has 0 aromatic carbocycles. The number of nitrogens with two attached hydrogens (primary N) is 1. The first-order chi connectivity index (χ1) is 9.08. The third kappa shape index (κ3) is 5.91. The molecule has 1 aliphatic rings. The van der Waals surface area contributed by atoms with Crippen molar-refractivity contribution in [2.24, 2.45) is 11.7 Å². The number of ether oxygens (including phenoxy) is 1. The molecule has 4 nitrogen and oxygen atoms in total. The molecule has 112 valence electrons. The van der Waals surface area contributed by atoms with E-state index in [1.807, 2.05) is 13.8 Å². The molecule has 1 unspecified atom stereocenters. The summed E-state index contributed by atoms with van der Waals surface area (Å²) in [4.78, 5) is 11.4. The second-order valence-corrected chi connectivity index (χ2v) is 5.91. The lowest BCUT2D eigenvalue weighted by Crippen LogP contribution is -2.52. The van der Waals surface area contributed by atoms with Crippen LogP contribution < -0.4 is 11.1 Å². The third-order valence-electron chi connectivity index (χ3n) is 4.15. The molecule has 0 aliphatic heterocycles. The smallest absolute Gasteiger partial charge is 0.237 e. The zero-order chi connectivity index (χ0) is 14.1. The fourth-order valence-electron chi connectivity index (χ4n) is 2.80. The minimum absolute atomic E-state index is 0.263. The van der Waals surface area contributed by atoms with Crippen LogP contribution in [0.15, 0.2) is 0 Å². The number of primary amides is 1. The summed E-state index contributed by atoms with van der Waals surface area (Å²) < 4.78 is 5.72. The van der Waals surface area contributed by atoms with E-state index in [0.29, 0.717) is 0 Å². The summed E-state index contributed by atoms with van der Waals surface area (Å²) in [6, 6.07) is 0. The molecule has 1 atom stereocenters. The van der Waals surface area contributed by atoms with Crippen LogP contribution in [0.5, 0.6) is 0 Å². The van der Waals surface area contributed by atoms with Gasteiger partial charge in [0.05, 0.1) is 5.54 Å². The average molecular weight is 270 g/mol. The summed E-state index contributed by atoms with van der Waals surface area (Å²) in [6.07, 6.45) is 8.16. The number of amides is 1. The highest BCUT2D eigenvalue weighted by Crippen LogP contribution is 2.24. The van der Waals surface area contributed by atoms with Crippen LogP contribution in [-0.4, -0.2) is 31.2 Å². The number of rotatable bonds is 10. The Kier molecular flexibility index (Phi) is 7.39. The van der Waals surface area contributed by atoms with E-state index in [9.17, 15) is 4.79 Å². The van der Waals surface area contributed by atoms with Crippen molar-refractivity contribution in [3.63, 3.8) is 0 Å². The molecule has 0 bridgehead atoms. The molecule has 0 aromatic rings. The lowest BCUT2D eigenvalue weighted by atomic mass is 9.94. The summed E-state index contributed by atoms with van der Waals surface area (Å²) in [6.45, 7) is 6.36.